The van der Waals surface area contributed by atoms with Gasteiger partial charge in [0.15, 0.2) is 0 Å². The zero-order valence-electron chi connectivity index (χ0n) is 9.33. The first-order valence-electron chi connectivity index (χ1n) is 5.79. The van der Waals surface area contributed by atoms with Crippen LogP contribution in [0.3, 0.4) is 0 Å². The molecule has 1 nitrogen and oxygen atoms in total. The summed E-state index contributed by atoms with van der Waals surface area (Å²) in [7, 11) is 0. The van der Waals surface area contributed by atoms with Crippen molar-refractivity contribution in [3.05, 3.63) is 41.1 Å². The van der Waals surface area contributed by atoms with Gasteiger partial charge in [-0.25, -0.2) is 0 Å². The minimum atomic E-state index is 0.104. The minimum Gasteiger partial charge on any atom is -0.251 e. The molecular weight excluding hydrogens is 218 g/mol. The zero-order valence-corrected chi connectivity index (χ0v) is 10.1. The van der Waals surface area contributed by atoms with E-state index in [1.807, 2.05) is 6.07 Å². The quantitative estimate of drug-likeness (QED) is 0.621. The first kappa shape index (κ1) is 10.1. The molecule has 82 valence electrons. The third-order valence-corrected chi connectivity index (χ3v) is 3.92. The average molecular weight is 232 g/mol. The number of hydrogen-bond donors (Lipinski definition) is 0. The molecule has 1 aliphatic carbocycles. The molecule has 0 N–H and O–H groups in total. The molecule has 1 heterocycles. The Balaban J connectivity index is 2.36. The van der Waals surface area contributed by atoms with Gasteiger partial charge in [-0.05, 0) is 43.4 Å². The second-order valence-electron chi connectivity index (χ2n) is 4.48. The van der Waals surface area contributed by atoms with Gasteiger partial charge < -0.3 is 0 Å². The normalized spacial score (nSPS) is 19.8. The Kier molecular flexibility index (Phi) is 2.36. The Morgan fingerprint density at radius 1 is 1.31 bits per heavy atom. The molecule has 0 saturated carbocycles. The SMILES string of the molecule is Cc1c2c(nc3ccccc13)C(Cl)CCC2. The van der Waals surface area contributed by atoms with Crippen molar-refractivity contribution in [1.29, 1.82) is 0 Å². The molecule has 1 aliphatic rings. The van der Waals surface area contributed by atoms with Crippen molar-refractivity contribution in [3.63, 3.8) is 0 Å². The Morgan fingerprint density at radius 3 is 3.00 bits per heavy atom. The van der Waals surface area contributed by atoms with Crippen LogP contribution in [-0.2, 0) is 6.42 Å². The van der Waals surface area contributed by atoms with Crippen LogP contribution in [0.25, 0.3) is 10.9 Å². The summed E-state index contributed by atoms with van der Waals surface area (Å²) >= 11 is 6.36. The van der Waals surface area contributed by atoms with Crippen molar-refractivity contribution in [1.82, 2.24) is 4.98 Å². The molecule has 0 radical (unpaired) electrons. The first-order chi connectivity index (χ1) is 7.77. The fourth-order valence-corrected chi connectivity index (χ4v) is 2.94. The molecular formula is C14H14ClN. The van der Waals surface area contributed by atoms with E-state index in [0.29, 0.717) is 0 Å². The monoisotopic (exact) mass is 231 g/mol. The molecule has 0 spiro atoms. The number of nitrogens with zero attached hydrogens (tertiary/aromatic N) is 1. The van der Waals surface area contributed by atoms with Crippen molar-refractivity contribution in [2.45, 2.75) is 31.6 Å². The van der Waals surface area contributed by atoms with Gasteiger partial charge in [0.25, 0.3) is 0 Å². The maximum Gasteiger partial charge on any atom is 0.0760 e. The van der Waals surface area contributed by atoms with E-state index in [0.717, 1.165) is 24.1 Å². The number of hydrogen-bond acceptors (Lipinski definition) is 1. The van der Waals surface area contributed by atoms with Gasteiger partial charge in [0, 0.05) is 5.39 Å². The van der Waals surface area contributed by atoms with Crippen LogP contribution in [0.1, 0.15) is 35.0 Å². The van der Waals surface area contributed by atoms with Crippen LogP contribution < -0.4 is 0 Å². The number of aryl methyl sites for hydroxylation is 1. The van der Waals surface area contributed by atoms with Gasteiger partial charge in [0.2, 0.25) is 0 Å². The predicted octanol–water partition coefficient (Wildman–Crippen LogP) is 4.16. The molecule has 16 heavy (non-hydrogen) atoms. The van der Waals surface area contributed by atoms with Gasteiger partial charge in [-0.3, -0.25) is 4.98 Å². The molecule has 1 unspecified atom stereocenters. The fourth-order valence-electron chi connectivity index (χ4n) is 2.61. The summed E-state index contributed by atoms with van der Waals surface area (Å²) < 4.78 is 0. The van der Waals surface area contributed by atoms with E-state index in [1.54, 1.807) is 0 Å². The lowest BCUT2D eigenvalue weighted by Gasteiger charge is -2.22. The van der Waals surface area contributed by atoms with E-state index in [2.05, 4.69) is 25.1 Å². The number of pyridine rings is 1. The number of benzene rings is 1. The standard InChI is InChI=1S/C14H14ClN/c1-9-10-5-2-3-8-13(10)16-14-11(9)6-4-7-12(14)15/h2-3,5,8,12H,4,6-7H2,1H3. The van der Waals surface area contributed by atoms with Gasteiger partial charge >= 0.3 is 0 Å². The van der Waals surface area contributed by atoms with Crippen LogP contribution in [0.2, 0.25) is 0 Å². The largest absolute Gasteiger partial charge is 0.251 e. The molecule has 2 aromatic rings. The van der Waals surface area contributed by atoms with Crippen molar-refractivity contribution in [3.8, 4) is 0 Å². The molecule has 1 aromatic carbocycles. The van der Waals surface area contributed by atoms with E-state index in [1.165, 1.54) is 22.9 Å². The number of aromatic nitrogens is 1. The minimum absolute atomic E-state index is 0.104. The lowest BCUT2D eigenvalue weighted by atomic mass is 9.90. The van der Waals surface area contributed by atoms with Gasteiger partial charge in [-0.15, -0.1) is 11.6 Å². The summed E-state index contributed by atoms with van der Waals surface area (Å²) in [5, 5.41) is 1.37. The summed E-state index contributed by atoms with van der Waals surface area (Å²) in [6.07, 6.45) is 3.36. The maximum absolute atomic E-state index is 6.36. The second-order valence-corrected chi connectivity index (χ2v) is 5.00. The Bertz CT molecular complexity index is 548. The molecule has 0 saturated heterocycles. The zero-order chi connectivity index (χ0) is 11.1. The number of alkyl halides is 1. The summed E-state index contributed by atoms with van der Waals surface area (Å²) in [4.78, 5) is 4.73. The van der Waals surface area contributed by atoms with E-state index >= 15 is 0 Å². The Hall–Kier alpha value is -1.08. The summed E-state index contributed by atoms with van der Waals surface area (Å²) in [6, 6.07) is 8.33. The number of rotatable bonds is 0. The van der Waals surface area contributed by atoms with E-state index in [-0.39, 0.29) is 5.38 Å². The van der Waals surface area contributed by atoms with Crippen molar-refractivity contribution < 1.29 is 0 Å². The van der Waals surface area contributed by atoms with Crippen LogP contribution in [-0.4, -0.2) is 4.98 Å². The predicted molar refractivity (Wildman–Crippen MR) is 68.0 cm³/mol. The molecule has 0 amide bonds. The van der Waals surface area contributed by atoms with E-state index in [9.17, 15) is 0 Å². The van der Waals surface area contributed by atoms with Crippen LogP contribution >= 0.6 is 11.6 Å². The number of fused-ring (bicyclic) bond motifs is 2. The second kappa shape index (κ2) is 3.74. The number of halogens is 1. The third-order valence-electron chi connectivity index (χ3n) is 3.49. The lowest BCUT2D eigenvalue weighted by Crippen LogP contribution is -2.10. The molecule has 0 fully saturated rings. The van der Waals surface area contributed by atoms with E-state index in [4.69, 9.17) is 16.6 Å². The van der Waals surface area contributed by atoms with Crippen molar-refractivity contribution in [2.75, 3.05) is 0 Å². The molecule has 0 aliphatic heterocycles. The Morgan fingerprint density at radius 2 is 2.12 bits per heavy atom. The number of para-hydroxylation sites is 1. The van der Waals surface area contributed by atoms with Crippen LogP contribution in [0.15, 0.2) is 24.3 Å². The highest BCUT2D eigenvalue weighted by Gasteiger charge is 2.22. The van der Waals surface area contributed by atoms with Crippen molar-refractivity contribution >= 4 is 22.5 Å². The van der Waals surface area contributed by atoms with Crippen molar-refractivity contribution in [2.24, 2.45) is 0 Å². The van der Waals surface area contributed by atoms with Gasteiger partial charge in [-0.1, -0.05) is 18.2 Å². The highest BCUT2D eigenvalue weighted by molar-refractivity contribution is 6.21. The van der Waals surface area contributed by atoms with Gasteiger partial charge in [0.1, 0.15) is 0 Å². The highest BCUT2D eigenvalue weighted by atomic mass is 35.5. The van der Waals surface area contributed by atoms with Crippen LogP contribution in [0.4, 0.5) is 0 Å². The average Bonchev–Trinajstić information content (AvgIpc) is 2.31. The topological polar surface area (TPSA) is 12.9 Å². The molecule has 1 aromatic heterocycles. The highest BCUT2D eigenvalue weighted by Crippen LogP contribution is 2.36. The third kappa shape index (κ3) is 1.42. The summed E-state index contributed by atoms with van der Waals surface area (Å²) in [5.41, 5.74) is 4.94. The summed E-state index contributed by atoms with van der Waals surface area (Å²) in [6.45, 7) is 2.19. The fraction of sp³-hybridized carbons (Fsp3) is 0.357. The molecule has 2 heteroatoms. The molecule has 3 rings (SSSR count). The van der Waals surface area contributed by atoms with Crippen LogP contribution in [0, 0.1) is 6.92 Å². The smallest absolute Gasteiger partial charge is 0.0760 e. The first-order valence-corrected chi connectivity index (χ1v) is 6.23. The maximum atomic E-state index is 6.36. The van der Waals surface area contributed by atoms with Gasteiger partial charge in [0.05, 0.1) is 16.6 Å². The molecule has 1 atom stereocenters. The lowest BCUT2D eigenvalue weighted by molar-refractivity contribution is 0.650. The van der Waals surface area contributed by atoms with Gasteiger partial charge in [-0.2, -0.15) is 0 Å². The van der Waals surface area contributed by atoms with Crippen LogP contribution in [0.5, 0.6) is 0 Å². The Labute approximate surface area is 100 Å². The summed E-state index contributed by atoms with van der Waals surface area (Å²) in [5.74, 6) is 0. The van der Waals surface area contributed by atoms with E-state index < -0.39 is 0 Å². The molecule has 0 bridgehead atoms.